The molecule has 0 rings (SSSR count). The van der Waals surface area contributed by atoms with Gasteiger partial charge in [-0.05, 0) is 26.3 Å². The molecule has 0 aromatic rings. The summed E-state index contributed by atoms with van der Waals surface area (Å²) in [5.41, 5.74) is -0.714. The van der Waals surface area contributed by atoms with Crippen molar-refractivity contribution in [2.24, 2.45) is 5.92 Å². The number of rotatable bonds is 37. The molecule has 0 bridgehead atoms. The predicted molar refractivity (Wildman–Crippen MR) is 196 cm³/mol. The van der Waals surface area contributed by atoms with Gasteiger partial charge in [0.05, 0.1) is 0 Å². The maximum Gasteiger partial charge on any atom is 0.113 e. The van der Waals surface area contributed by atoms with Gasteiger partial charge in [0.1, 0.15) is 5.72 Å². The third-order valence-electron chi connectivity index (χ3n) is 10.2. The minimum Gasteiger partial charge on any atom is -0.376 e. The highest BCUT2D eigenvalue weighted by Gasteiger charge is 2.23. The molecule has 0 aliphatic heterocycles. The summed E-state index contributed by atoms with van der Waals surface area (Å²) in [4.78, 5) is 0. The van der Waals surface area contributed by atoms with Crippen LogP contribution in [0.25, 0.3) is 0 Å². The van der Waals surface area contributed by atoms with Crippen LogP contribution in [-0.2, 0) is 0 Å². The molecule has 43 heavy (non-hydrogen) atoms. The normalized spacial score (nSPS) is 13.3. The molecule has 0 fully saturated rings. The highest BCUT2D eigenvalue weighted by Crippen LogP contribution is 2.26. The Morgan fingerprint density at radius 1 is 0.395 bits per heavy atom. The third-order valence-corrected chi connectivity index (χ3v) is 10.2. The van der Waals surface area contributed by atoms with E-state index >= 15 is 0 Å². The van der Waals surface area contributed by atoms with E-state index in [1.165, 1.54) is 218 Å². The first-order valence-electron chi connectivity index (χ1n) is 20.5. The highest BCUT2D eigenvalue weighted by atomic mass is 16.3. The van der Waals surface area contributed by atoms with E-state index in [-0.39, 0.29) is 0 Å². The van der Waals surface area contributed by atoms with Gasteiger partial charge in [0, 0.05) is 0 Å². The topological polar surface area (TPSA) is 32.3 Å². The first-order valence-corrected chi connectivity index (χ1v) is 20.5. The second-order valence-corrected chi connectivity index (χ2v) is 14.8. The summed E-state index contributed by atoms with van der Waals surface area (Å²) in [5.74, 6) is 0.667. The van der Waals surface area contributed by atoms with Gasteiger partial charge in [-0.2, -0.15) is 0 Å². The van der Waals surface area contributed by atoms with Crippen LogP contribution in [0.1, 0.15) is 245 Å². The molecule has 1 atom stereocenters. The average Bonchev–Trinajstić information content (AvgIpc) is 3.00. The average molecular weight is 608 g/mol. The van der Waals surface area contributed by atoms with Crippen LogP contribution in [0.15, 0.2) is 0 Å². The van der Waals surface area contributed by atoms with Crippen molar-refractivity contribution in [3.05, 3.63) is 0 Å². The fraction of sp³-hybridized carbons (Fsp3) is 1.00. The molecular formula is C41H85NO. The van der Waals surface area contributed by atoms with Crippen LogP contribution in [0, 0.1) is 5.92 Å². The monoisotopic (exact) mass is 608 g/mol. The van der Waals surface area contributed by atoms with Crippen molar-refractivity contribution in [3.8, 4) is 0 Å². The summed E-state index contributed by atoms with van der Waals surface area (Å²) in [5, 5.41) is 13.8. The zero-order valence-corrected chi connectivity index (χ0v) is 30.8. The van der Waals surface area contributed by atoms with Crippen LogP contribution in [0.5, 0.6) is 0 Å². The minimum atomic E-state index is -0.714. The van der Waals surface area contributed by atoms with Gasteiger partial charge in [0.2, 0.25) is 0 Å². The van der Waals surface area contributed by atoms with Crippen molar-refractivity contribution in [2.75, 3.05) is 7.05 Å². The first-order chi connectivity index (χ1) is 21.1. The first kappa shape index (κ1) is 42.9. The number of hydrogen-bond donors (Lipinski definition) is 2. The van der Waals surface area contributed by atoms with Crippen LogP contribution in [-0.4, -0.2) is 17.9 Å². The fourth-order valence-corrected chi connectivity index (χ4v) is 6.97. The van der Waals surface area contributed by atoms with E-state index in [1.807, 2.05) is 14.0 Å². The van der Waals surface area contributed by atoms with E-state index in [1.54, 1.807) is 0 Å². The summed E-state index contributed by atoms with van der Waals surface area (Å²) in [6.45, 7) is 6.57. The maximum absolute atomic E-state index is 10.7. The number of unbranched alkanes of at least 4 members (excludes halogenated alkanes) is 30. The van der Waals surface area contributed by atoms with Gasteiger partial charge in [-0.25, -0.2) is 0 Å². The Labute approximate surface area is 274 Å². The fourth-order valence-electron chi connectivity index (χ4n) is 6.97. The summed E-state index contributed by atoms with van der Waals surface area (Å²) >= 11 is 0. The molecule has 2 N–H and O–H groups in total. The Morgan fingerprint density at radius 3 is 0.814 bits per heavy atom. The number of nitrogens with one attached hydrogen (secondary N) is 1. The van der Waals surface area contributed by atoms with E-state index in [2.05, 4.69) is 19.2 Å². The van der Waals surface area contributed by atoms with E-state index in [0.29, 0.717) is 5.92 Å². The molecule has 260 valence electrons. The Hall–Kier alpha value is -0.0800. The summed E-state index contributed by atoms with van der Waals surface area (Å²) in [6.07, 6.45) is 49.4. The van der Waals surface area contributed by atoms with E-state index < -0.39 is 5.72 Å². The summed E-state index contributed by atoms with van der Waals surface area (Å²) in [7, 11) is 1.90. The van der Waals surface area contributed by atoms with Gasteiger partial charge in [0.15, 0.2) is 0 Å². The van der Waals surface area contributed by atoms with Gasteiger partial charge in [-0.1, -0.05) is 232 Å². The molecule has 0 aromatic heterocycles. The van der Waals surface area contributed by atoms with Crippen LogP contribution in [0.3, 0.4) is 0 Å². The van der Waals surface area contributed by atoms with Crippen molar-refractivity contribution in [3.63, 3.8) is 0 Å². The Morgan fingerprint density at radius 2 is 0.605 bits per heavy atom. The number of hydrogen-bond acceptors (Lipinski definition) is 2. The predicted octanol–water partition coefficient (Wildman–Crippen LogP) is 14.2. The second-order valence-electron chi connectivity index (χ2n) is 14.8. The van der Waals surface area contributed by atoms with Crippen molar-refractivity contribution in [2.45, 2.75) is 251 Å². The van der Waals surface area contributed by atoms with Gasteiger partial charge >= 0.3 is 0 Å². The van der Waals surface area contributed by atoms with Gasteiger partial charge in [-0.15, -0.1) is 0 Å². The van der Waals surface area contributed by atoms with E-state index in [9.17, 15) is 5.11 Å². The lowest BCUT2D eigenvalue weighted by molar-refractivity contribution is 0.00459. The largest absolute Gasteiger partial charge is 0.376 e. The third kappa shape index (κ3) is 34.6. The maximum atomic E-state index is 10.7. The van der Waals surface area contributed by atoms with Gasteiger partial charge in [0.25, 0.3) is 0 Å². The molecular weight excluding hydrogens is 522 g/mol. The molecule has 0 aromatic carbocycles. The highest BCUT2D eigenvalue weighted by molar-refractivity contribution is 4.73. The molecule has 1 unspecified atom stereocenters. The van der Waals surface area contributed by atoms with Crippen LogP contribution in [0.2, 0.25) is 0 Å². The van der Waals surface area contributed by atoms with Gasteiger partial charge in [-0.3, -0.25) is 5.32 Å². The van der Waals surface area contributed by atoms with E-state index in [4.69, 9.17) is 0 Å². The lowest BCUT2D eigenvalue weighted by atomic mass is 9.87. The smallest absolute Gasteiger partial charge is 0.113 e. The SMILES string of the molecule is CCCCCCCCCCCCCCCCCCC(CCCCCCCCCCCCCCCCCC)CC(C)(O)NC. The van der Waals surface area contributed by atoms with E-state index in [0.717, 1.165) is 6.42 Å². The summed E-state index contributed by atoms with van der Waals surface area (Å²) < 4.78 is 0. The lowest BCUT2D eigenvalue weighted by Crippen LogP contribution is -2.41. The molecule has 0 aliphatic carbocycles. The number of aliphatic hydroxyl groups is 1. The molecule has 0 saturated carbocycles. The van der Waals surface area contributed by atoms with Gasteiger partial charge < -0.3 is 5.11 Å². The molecule has 0 radical (unpaired) electrons. The second kappa shape index (κ2) is 34.8. The van der Waals surface area contributed by atoms with Crippen molar-refractivity contribution < 1.29 is 5.11 Å². The zero-order chi connectivity index (χ0) is 31.5. The van der Waals surface area contributed by atoms with Crippen LogP contribution >= 0.6 is 0 Å². The molecule has 2 nitrogen and oxygen atoms in total. The van der Waals surface area contributed by atoms with Crippen LogP contribution in [0.4, 0.5) is 0 Å². The molecule has 2 heteroatoms. The quantitative estimate of drug-likeness (QED) is 0.0544. The molecule has 0 saturated heterocycles. The van der Waals surface area contributed by atoms with Crippen molar-refractivity contribution >= 4 is 0 Å². The van der Waals surface area contributed by atoms with Crippen molar-refractivity contribution in [1.29, 1.82) is 0 Å². The lowest BCUT2D eigenvalue weighted by Gasteiger charge is -2.28. The van der Waals surface area contributed by atoms with Crippen LogP contribution < -0.4 is 5.32 Å². The Balaban J connectivity index is 3.67. The Kier molecular flexibility index (Phi) is 34.7. The molecule has 0 amide bonds. The molecule has 0 heterocycles. The zero-order valence-electron chi connectivity index (χ0n) is 30.8. The standard InChI is InChI=1S/C41H85NO/c1-5-7-9-11-13-15-17-19-21-23-25-27-29-31-33-35-37-40(39-41(3,43)42-4)38-36-34-32-30-28-26-24-22-20-18-16-14-12-10-8-6-2/h40,42-43H,5-39H2,1-4H3. The Bertz CT molecular complexity index is 468. The summed E-state index contributed by atoms with van der Waals surface area (Å²) in [6, 6.07) is 0. The molecule has 0 spiro atoms. The van der Waals surface area contributed by atoms with Crippen molar-refractivity contribution in [1.82, 2.24) is 5.32 Å². The minimum absolute atomic E-state index is 0.667. The molecule has 0 aliphatic rings.